The molecule has 0 bridgehead atoms. The molecule has 2 aliphatic carbocycles. The minimum atomic E-state index is -3.53. The molecule has 0 spiro atoms. The zero-order valence-corrected chi connectivity index (χ0v) is 14.2. The number of rotatable bonds is 5. The van der Waals surface area contributed by atoms with Crippen LogP contribution in [-0.2, 0) is 10.2 Å². The molecule has 5 nitrogen and oxygen atoms in total. The van der Waals surface area contributed by atoms with Gasteiger partial charge in [0.2, 0.25) is 0 Å². The predicted molar refractivity (Wildman–Crippen MR) is 84.1 cm³/mol. The molecule has 2 aliphatic rings. The Kier molecular flexibility index (Phi) is 5.68. The maximum atomic E-state index is 12.7. The topological polar surface area (TPSA) is 69.6 Å². The van der Waals surface area contributed by atoms with Gasteiger partial charge >= 0.3 is 0 Å². The highest BCUT2D eigenvalue weighted by atomic mass is 32.2. The van der Waals surface area contributed by atoms with E-state index in [4.69, 9.17) is 0 Å². The van der Waals surface area contributed by atoms with Crippen molar-refractivity contribution in [3.63, 3.8) is 0 Å². The zero-order chi connectivity index (χ0) is 15.5. The zero-order valence-electron chi connectivity index (χ0n) is 13.3. The van der Waals surface area contributed by atoms with Crippen molar-refractivity contribution in [2.45, 2.75) is 76.3 Å². The van der Waals surface area contributed by atoms with Crippen LogP contribution in [0.5, 0.6) is 0 Å². The van der Waals surface area contributed by atoms with E-state index in [0.29, 0.717) is 5.92 Å². The fourth-order valence-corrected chi connectivity index (χ4v) is 5.46. The Bertz CT molecular complexity index is 434. The second kappa shape index (κ2) is 6.94. The first-order valence-electron chi connectivity index (χ1n) is 8.26. The van der Waals surface area contributed by atoms with E-state index in [-0.39, 0.29) is 12.6 Å². The molecule has 0 aromatic rings. The van der Waals surface area contributed by atoms with Gasteiger partial charge in [-0.1, -0.05) is 39.0 Å². The molecule has 0 radical (unpaired) electrons. The molecule has 0 amide bonds. The van der Waals surface area contributed by atoms with Crippen LogP contribution < -0.4 is 4.72 Å². The Hall–Kier alpha value is -0.170. The lowest BCUT2D eigenvalue weighted by molar-refractivity contribution is 0.117. The van der Waals surface area contributed by atoms with E-state index in [9.17, 15) is 13.5 Å². The van der Waals surface area contributed by atoms with E-state index in [1.54, 1.807) is 7.05 Å². The van der Waals surface area contributed by atoms with Gasteiger partial charge in [0.05, 0.1) is 12.1 Å². The summed E-state index contributed by atoms with van der Waals surface area (Å²) in [5.41, 5.74) is -0.667. The molecule has 0 saturated heterocycles. The van der Waals surface area contributed by atoms with Crippen LogP contribution in [0.2, 0.25) is 0 Å². The molecule has 2 N–H and O–H groups in total. The number of nitrogens with zero attached hydrogens (tertiary/aromatic N) is 1. The summed E-state index contributed by atoms with van der Waals surface area (Å²) in [4.78, 5) is 0. The highest BCUT2D eigenvalue weighted by Crippen LogP contribution is 2.33. The van der Waals surface area contributed by atoms with Gasteiger partial charge in [-0.2, -0.15) is 17.4 Å². The first kappa shape index (κ1) is 17.2. The molecule has 0 aliphatic heterocycles. The summed E-state index contributed by atoms with van der Waals surface area (Å²) in [5, 5.41) is 9.77. The SMILES string of the molecule is CC1CCCC(CO)(NS(=O)(=O)N(C)C2CCCCC2)C1. The number of hydrogen-bond donors (Lipinski definition) is 2. The second-order valence-corrected chi connectivity index (χ2v) is 8.79. The van der Waals surface area contributed by atoms with Gasteiger partial charge in [-0.3, -0.25) is 0 Å². The Morgan fingerprint density at radius 3 is 2.43 bits per heavy atom. The molecular formula is C15H30N2O3S. The molecule has 0 aromatic heterocycles. The van der Waals surface area contributed by atoms with Gasteiger partial charge in [-0.25, -0.2) is 0 Å². The molecule has 21 heavy (non-hydrogen) atoms. The summed E-state index contributed by atoms with van der Waals surface area (Å²) in [5.74, 6) is 0.452. The van der Waals surface area contributed by atoms with Crippen molar-refractivity contribution in [1.82, 2.24) is 9.03 Å². The predicted octanol–water partition coefficient (Wildman–Crippen LogP) is 2.03. The maximum Gasteiger partial charge on any atom is 0.280 e. The number of hydrogen-bond acceptors (Lipinski definition) is 3. The number of nitrogens with one attached hydrogen (secondary N) is 1. The Morgan fingerprint density at radius 2 is 1.86 bits per heavy atom. The minimum Gasteiger partial charge on any atom is -0.394 e. The first-order valence-corrected chi connectivity index (χ1v) is 9.70. The van der Waals surface area contributed by atoms with Crippen molar-refractivity contribution in [2.75, 3.05) is 13.7 Å². The molecule has 6 heteroatoms. The fourth-order valence-electron chi connectivity index (χ4n) is 3.92. The third-order valence-electron chi connectivity index (χ3n) is 5.21. The highest BCUT2D eigenvalue weighted by molar-refractivity contribution is 7.87. The van der Waals surface area contributed by atoms with Gasteiger partial charge in [-0.15, -0.1) is 0 Å². The van der Waals surface area contributed by atoms with Crippen molar-refractivity contribution >= 4 is 10.2 Å². The van der Waals surface area contributed by atoms with Gasteiger partial charge in [0.25, 0.3) is 10.2 Å². The fraction of sp³-hybridized carbons (Fsp3) is 1.00. The average molecular weight is 318 g/mol. The van der Waals surface area contributed by atoms with Crippen molar-refractivity contribution in [2.24, 2.45) is 5.92 Å². The summed E-state index contributed by atoms with van der Waals surface area (Å²) < 4.78 is 29.7. The van der Waals surface area contributed by atoms with Crippen LogP contribution in [0.3, 0.4) is 0 Å². The highest BCUT2D eigenvalue weighted by Gasteiger charge is 2.40. The lowest BCUT2D eigenvalue weighted by atomic mass is 9.78. The Balaban J connectivity index is 2.07. The van der Waals surface area contributed by atoms with Crippen LogP contribution in [0.25, 0.3) is 0 Å². The first-order chi connectivity index (χ1) is 9.88. The summed E-state index contributed by atoms with van der Waals surface area (Å²) in [6, 6.07) is 0.105. The van der Waals surface area contributed by atoms with E-state index in [1.165, 1.54) is 10.7 Å². The Morgan fingerprint density at radius 1 is 1.19 bits per heavy atom. The van der Waals surface area contributed by atoms with E-state index in [2.05, 4.69) is 11.6 Å². The summed E-state index contributed by atoms with van der Waals surface area (Å²) in [6.45, 7) is 2.01. The lowest BCUT2D eigenvalue weighted by Crippen LogP contribution is -2.58. The van der Waals surface area contributed by atoms with Crippen LogP contribution >= 0.6 is 0 Å². The Labute approximate surface area is 129 Å². The molecule has 2 fully saturated rings. The molecule has 2 atom stereocenters. The van der Waals surface area contributed by atoms with Gasteiger partial charge < -0.3 is 5.11 Å². The second-order valence-electron chi connectivity index (χ2n) is 7.06. The van der Waals surface area contributed by atoms with Gasteiger partial charge in [0.15, 0.2) is 0 Å². The van der Waals surface area contributed by atoms with Gasteiger partial charge in [0, 0.05) is 13.1 Å². The number of aliphatic hydroxyl groups excluding tert-OH is 1. The monoisotopic (exact) mass is 318 g/mol. The van der Waals surface area contributed by atoms with Gasteiger partial charge in [-0.05, 0) is 31.6 Å². The summed E-state index contributed by atoms with van der Waals surface area (Å²) >= 11 is 0. The van der Waals surface area contributed by atoms with E-state index in [1.807, 2.05) is 0 Å². The van der Waals surface area contributed by atoms with Crippen LogP contribution in [0.1, 0.15) is 64.7 Å². The van der Waals surface area contributed by atoms with E-state index < -0.39 is 15.7 Å². The van der Waals surface area contributed by atoms with Crippen molar-refractivity contribution < 1.29 is 13.5 Å². The smallest absolute Gasteiger partial charge is 0.280 e. The molecule has 124 valence electrons. The normalized spacial score (nSPS) is 32.5. The van der Waals surface area contributed by atoms with Crippen molar-refractivity contribution in [3.8, 4) is 0 Å². The van der Waals surface area contributed by atoms with Crippen LogP contribution in [0.15, 0.2) is 0 Å². The van der Waals surface area contributed by atoms with Crippen molar-refractivity contribution in [3.05, 3.63) is 0 Å². The lowest BCUT2D eigenvalue weighted by Gasteiger charge is -2.41. The molecule has 2 rings (SSSR count). The van der Waals surface area contributed by atoms with Crippen molar-refractivity contribution in [1.29, 1.82) is 0 Å². The molecular weight excluding hydrogens is 288 g/mol. The molecule has 2 saturated carbocycles. The quantitative estimate of drug-likeness (QED) is 0.815. The summed E-state index contributed by atoms with van der Waals surface area (Å²) in [6.07, 6.45) is 8.83. The minimum absolute atomic E-state index is 0.105. The third-order valence-corrected chi connectivity index (χ3v) is 6.96. The van der Waals surface area contributed by atoms with Crippen LogP contribution in [0.4, 0.5) is 0 Å². The maximum absolute atomic E-state index is 12.7. The molecule has 2 unspecified atom stereocenters. The molecule has 0 heterocycles. The van der Waals surface area contributed by atoms with Gasteiger partial charge in [0.1, 0.15) is 0 Å². The standard InChI is InChI=1S/C15H30N2O3S/c1-13-7-6-10-15(11-13,12-18)16-21(19,20)17(2)14-8-4-3-5-9-14/h13-14,16,18H,3-12H2,1-2H3. The van der Waals surface area contributed by atoms with E-state index >= 15 is 0 Å². The third kappa shape index (κ3) is 4.18. The van der Waals surface area contributed by atoms with E-state index in [0.717, 1.165) is 51.4 Å². The van der Waals surface area contributed by atoms with Crippen LogP contribution in [0, 0.1) is 5.92 Å². The molecule has 0 aromatic carbocycles. The summed E-state index contributed by atoms with van der Waals surface area (Å²) in [7, 11) is -1.85. The number of aliphatic hydroxyl groups is 1. The average Bonchev–Trinajstić information content (AvgIpc) is 2.47. The van der Waals surface area contributed by atoms with Crippen LogP contribution in [-0.4, -0.2) is 43.1 Å². The largest absolute Gasteiger partial charge is 0.394 e.